The van der Waals surface area contributed by atoms with E-state index in [1.807, 2.05) is 0 Å². The molecule has 0 aliphatic rings. The molecule has 0 rings (SSSR count). The molecule has 0 bridgehead atoms. The normalized spacial score (nSPS) is 11.7. The van der Waals surface area contributed by atoms with E-state index in [0.29, 0.717) is 6.42 Å². The van der Waals surface area contributed by atoms with Crippen LogP contribution >= 0.6 is 0 Å². The molecule has 0 spiro atoms. The van der Waals surface area contributed by atoms with Crippen molar-refractivity contribution in [1.82, 2.24) is 0 Å². The Balaban J connectivity index is 3.61. The minimum Gasteiger partial charge on any atom is -0.434 e. The van der Waals surface area contributed by atoms with E-state index in [1.54, 1.807) is 41.5 Å². The second-order valence-corrected chi connectivity index (χ2v) is 5.98. The van der Waals surface area contributed by atoms with Crippen molar-refractivity contribution < 1.29 is 28.5 Å². The average molecular weight is 276 g/mol. The maximum atomic E-state index is 11.2. The van der Waals surface area contributed by atoms with Crippen molar-refractivity contribution in [2.75, 3.05) is 13.2 Å². The fourth-order valence-electron chi connectivity index (χ4n) is 0.929. The number of hydrogen-bond acceptors (Lipinski definition) is 6. The molecule has 0 amide bonds. The van der Waals surface area contributed by atoms with E-state index in [0.717, 1.165) is 0 Å². The Hall–Kier alpha value is -1.46. The highest BCUT2D eigenvalue weighted by Crippen LogP contribution is 2.09. The summed E-state index contributed by atoms with van der Waals surface area (Å²) in [5, 5.41) is 0. The topological polar surface area (TPSA) is 71.1 Å². The molecule has 0 heterocycles. The van der Waals surface area contributed by atoms with Crippen molar-refractivity contribution in [3.63, 3.8) is 0 Å². The molecule has 19 heavy (non-hydrogen) atoms. The van der Waals surface area contributed by atoms with Crippen LogP contribution in [0.25, 0.3) is 0 Å². The van der Waals surface area contributed by atoms with Crippen molar-refractivity contribution in [3.05, 3.63) is 0 Å². The van der Waals surface area contributed by atoms with Gasteiger partial charge in [0.1, 0.15) is 11.2 Å². The van der Waals surface area contributed by atoms with Crippen LogP contribution in [0.15, 0.2) is 0 Å². The predicted octanol–water partition coefficient (Wildman–Crippen LogP) is 3.28. The Morgan fingerprint density at radius 1 is 0.737 bits per heavy atom. The molecular formula is C13H24O6. The van der Waals surface area contributed by atoms with Crippen molar-refractivity contribution in [2.24, 2.45) is 0 Å². The van der Waals surface area contributed by atoms with Gasteiger partial charge < -0.3 is 18.9 Å². The predicted molar refractivity (Wildman–Crippen MR) is 69.0 cm³/mol. The van der Waals surface area contributed by atoms with Gasteiger partial charge in [-0.1, -0.05) is 0 Å². The number of ether oxygens (including phenoxy) is 4. The Kier molecular flexibility index (Phi) is 6.65. The van der Waals surface area contributed by atoms with Gasteiger partial charge in [-0.15, -0.1) is 0 Å². The van der Waals surface area contributed by atoms with Gasteiger partial charge in [-0.3, -0.25) is 0 Å². The SMILES string of the molecule is CC(C)(C)OC(=O)OCCCOC(=O)OC(C)(C)C. The van der Waals surface area contributed by atoms with Gasteiger partial charge in [0.15, 0.2) is 0 Å². The van der Waals surface area contributed by atoms with E-state index in [-0.39, 0.29) is 13.2 Å². The molecule has 0 N–H and O–H groups in total. The minimum atomic E-state index is -0.732. The number of hydrogen-bond donors (Lipinski definition) is 0. The van der Waals surface area contributed by atoms with Crippen LogP contribution in [-0.4, -0.2) is 36.7 Å². The van der Waals surface area contributed by atoms with Crippen LogP contribution in [0.1, 0.15) is 48.0 Å². The zero-order valence-electron chi connectivity index (χ0n) is 12.6. The summed E-state index contributed by atoms with van der Waals surface area (Å²) in [5.41, 5.74) is -1.16. The van der Waals surface area contributed by atoms with E-state index in [4.69, 9.17) is 18.9 Å². The molecule has 0 radical (unpaired) electrons. The molecule has 0 unspecified atom stereocenters. The van der Waals surface area contributed by atoms with E-state index in [1.165, 1.54) is 0 Å². The Labute approximate surface area is 114 Å². The molecule has 0 saturated heterocycles. The average Bonchev–Trinajstić information content (AvgIpc) is 2.10. The fraction of sp³-hybridized carbons (Fsp3) is 0.846. The summed E-state index contributed by atoms with van der Waals surface area (Å²) in [7, 11) is 0. The Morgan fingerprint density at radius 3 is 1.32 bits per heavy atom. The Bertz CT molecular complexity index is 267. The zero-order chi connectivity index (χ0) is 15.1. The van der Waals surface area contributed by atoms with Gasteiger partial charge in [0, 0.05) is 6.42 Å². The van der Waals surface area contributed by atoms with Crippen LogP contribution in [0.2, 0.25) is 0 Å². The summed E-state index contributed by atoms with van der Waals surface area (Å²) in [4.78, 5) is 22.3. The minimum absolute atomic E-state index is 0.123. The van der Waals surface area contributed by atoms with Gasteiger partial charge in [0.2, 0.25) is 0 Å². The first-order valence-electron chi connectivity index (χ1n) is 6.21. The number of carbonyl (C=O) groups excluding carboxylic acids is 2. The third-order valence-electron chi connectivity index (χ3n) is 1.51. The van der Waals surface area contributed by atoms with E-state index >= 15 is 0 Å². The first-order valence-corrected chi connectivity index (χ1v) is 6.21. The lowest BCUT2D eigenvalue weighted by atomic mass is 10.2. The fourth-order valence-corrected chi connectivity index (χ4v) is 0.929. The van der Waals surface area contributed by atoms with Crippen LogP contribution in [0.4, 0.5) is 9.59 Å². The van der Waals surface area contributed by atoms with Gasteiger partial charge in [-0.25, -0.2) is 9.59 Å². The third-order valence-corrected chi connectivity index (χ3v) is 1.51. The lowest BCUT2D eigenvalue weighted by Crippen LogP contribution is -2.25. The van der Waals surface area contributed by atoms with Crippen molar-refractivity contribution in [2.45, 2.75) is 59.2 Å². The number of carbonyl (C=O) groups is 2. The summed E-state index contributed by atoms with van der Waals surface area (Å²) < 4.78 is 19.5. The van der Waals surface area contributed by atoms with Crippen molar-refractivity contribution in [1.29, 1.82) is 0 Å². The molecule has 6 nitrogen and oxygen atoms in total. The molecule has 0 fully saturated rings. The summed E-state index contributed by atoms with van der Waals surface area (Å²) in [6.45, 7) is 10.7. The standard InChI is InChI=1S/C13H24O6/c1-12(2,3)18-10(14)16-8-7-9-17-11(15)19-13(4,5)6/h7-9H2,1-6H3. The first-order chi connectivity index (χ1) is 8.49. The maximum Gasteiger partial charge on any atom is 0.508 e. The molecule has 0 aromatic heterocycles. The van der Waals surface area contributed by atoms with Crippen LogP contribution in [-0.2, 0) is 18.9 Å². The van der Waals surface area contributed by atoms with Gasteiger partial charge in [0.25, 0.3) is 0 Å². The summed E-state index contributed by atoms with van der Waals surface area (Å²) in [5.74, 6) is 0. The smallest absolute Gasteiger partial charge is 0.434 e. The molecular weight excluding hydrogens is 252 g/mol. The molecule has 0 atom stereocenters. The Morgan fingerprint density at radius 2 is 1.05 bits per heavy atom. The molecule has 0 aromatic rings. The van der Waals surface area contributed by atoms with E-state index < -0.39 is 23.5 Å². The highest BCUT2D eigenvalue weighted by molar-refractivity contribution is 5.60. The van der Waals surface area contributed by atoms with Crippen molar-refractivity contribution >= 4 is 12.3 Å². The third kappa shape index (κ3) is 12.8. The maximum absolute atomic E-state index is 11.2. The summed E-state index contributed by atoms with van der Waals surface area (Å²) in [6, 6.07) is 0. The molecule has 0 saturated carbocycles. The first kappa shape index (κ1) is 17.5. The zero-order valence-corrected chi connectivity index (χ0v) is 12.6. The van der Waals surface area contributed by atoms with Crippen LogP contribution in [0, 0.1) is 0 Å². The van der Waals surface area contributed by atoms with E-state index in [9.17, 15) is 9.59 Å². The van der Waals surface area contributed by atoms with Crippen LogP contribution in [0.5, 0.6) is 0 Å². The molecule has 0 aromatic carbocycles. The largest absolute Gasteiger partial charge is 0.508 e. The second kappa shape index (κ2) is 7.21. The second-order valence-electron chi connectivity index (χ2n) is 5.98. The summed E-state index contributed by atoms with van der Waals surface area (Å²) >= 11 is 0. The van der Waals surface area contributed by atoms with Gasteiger partial charge in [-0.2, -0.15) is 0 Å². The van der Waals surface area contributed by atoms with Crippen molar-refractivity contribution in [3.8, 4) is 0 Å². The lowest BCUT2D eigenvalue weighted by molar-refractivity contribution is -0.0178. The molecule has 6 heteroatoms. The van der Waals surface area contributed by atoms with Gasteiger partial charge in [-0.05, 0) is 41.5 Å². The van der Waals surface area contributed by atoms with Crippen LogP contribution in [0.3, 0.4) is 0 Å². The highest BCUT2D eigenvalue weighted by Gasteiger charge is 2.18. The molecule has 0 aliphatic heterocycles. The van der Waals surface area contributed by atoms with Gasteiger partial charge in [0.05, 0.1) is 13.2 Å². The molecule has 112 valence electrons. The van der Waals surface area contributed by atoms with E-state index in [2.05, 4.69) is 0 Å². The monoisotopic (exact) mass is 276 g/mol. The summed E-state index contributed by atoms with van der Waals surface area (Å²) in [6.07, 6.45) is -1.08. The lowest BCUT2D eigenvalue weighted by Gasteiger charge is -2.19. The number of rotatable bonds is 4. The quantitative estimate of drug-likeness (QED) is 0.579. The van der Waals surface area contributed by atoms with Crippen LogP contribution < -0.4 is 0 Å². The highest BCUT2D eigenvalue weighted by atomic mass is 16.7. The van der Waals surface area contributed by atoms with Gasteiger partial charge >= 0.3 is 12.3 Å². The molecule has 0 aliphatic carbocycles.